The molecule has 1 atom stereocenters. The molecule has 2 aliphatic rings. The van der Waals surface area contributed by atoms with Crippen molar-refractivity contribution >= 4 is 11.6 Å². The van der Waals surface area contributed by atoms with E-state index >= 15 is 0 Å². The largest absolute Gasteiger partial charge is 0.497 e. The monoisotopic (exact) mass is 350 g/mol. The zero-order valence-electron chi connectivity index (χ0n) is 15.4. The van der Waals surface area contributed by atoms with Gasteiger partial charge in [-0.3, -0.25) is 9.69 Å². The van der Waals surface area contributed by atoms with Crippen LogP contribution in [-0.2, 0) is 11.2 Å². The minimum absolute atomic E-state index is 0.215. The molecule has 1 saturated heterocycles. The average Bonchev–Trinajstić information content (AvgIpc) is 3.15. The summed E-state index contributed by atoms with van der Waals surface area (Å²) in [6, 6.07) is 16.9. The fraction of sp³-hybridized carbons (Fsp3) is 0.409. The van der Waals surface area contributed by atoms with Crippen molar-refractivity contribution in [1.82, 2.24) is 4.90 Å². The number of methoxy groups -OCH3 is 1. The number of nitrogens with zero attached hydrogens (tertiary/aromatic N) is 2. The van der Waals surface area contributed by atoms with Gasteiger partial charge in [-0.05, 0) is 61.6 Å². The molecule has 0 aliphatic carbocycles. The Balaban J connectivity index is 1.50. The summed E-state index contributed by atoms with van der Waals surface area (Å²) in [5.74, 6) is 1.09. The third kappa shape index (κ3) is 3.34. The second kappa shape index (κ2) is 7.50. The number of carbonyl (C=O) groups excluding carboxylic acids is 1. The molecule has 1 fully saturated rings. The first-order valence-corrected chi connectivity index (χ1v) is 9.52. The predicted octanol–water partition coefficient (Wildman–Crippen LogP) is 3.81. The van der Waals surface area contributed by atoms with Gasteiger partial charge in [0.2, 0.25) is 5.91 Å². The van der Waals surface area contributed by atoms with Crippen molar-refractivity contribution in [3.05, 3.63) is 59.7 Å². The Hall–Kier alpha value is -2.33. The Labute approximate surface area is 155 Å². The van der Waals surface area contributed by atoms with Crippen LogP contribution in [0.2, 0.25) is 0 Å². The fourth-order valence-electron chi connectivity index (χ4n) is 4.29. The number of fused-ring (bicyclic) bond motifs is 1. The molecule has 136 valence electrons. The van der Waals surface area contributed by atoms with Crippen LogP contribution in [0.15, 0.2) is 48.5 Å². The molecule has 2 heterocycles. The maximum atomic E-state index is 13.1. The van der Waals surface area contributed by atoms with Crippen molar-refractivity contribution in [3.63, 3.8) is 0 Å². The van der Waals surface area contributed by atoms with E-state index in [9.17, 15) is 4.79 Å². The lowest BCUT2D eigenvalue weighted by Crippen LogP contribution is -2.42. The molecule has 1 unspecified atom stereocenters. The molecule has 4 nitrogen and oxygen atoms in total. The summed E-state index contributed by atoms with van der Waals surface area (Å²) >= 11 is 0. The number of carbonyl (C=O) groups is 1. The Morgan fingerprint density at radius 1 is 1.12 bits per heavy atom. The minimum Gasteiger partial charge on any atom is -0.497 e. The van der Waals surface area contributed by atoms with Crippen molar-refractivity contribution in [1.29, 1.82) is 0 Å². The van der Waals surface area contributed by atoms with E-state index in [-0.39, 0.29) is 5.91 Å². The van der Waals surface area contributed by atoms with Crippen LogP contribution in [0.1, 0.15) is 36.4 Å². The van der Waals surface area contributed by atoms with Gasteiger partial charge in [-0.2, -0.15) is 0 Å². The number of benzene rings is 2. The second-order valence-electron chi connectivity index (χ2n) is 7.18. The summed E-state index contributed by atoms with van der Waals surface area (Å²) in [6.07, 6.45) is 4.33. The standard InChI is InChI=1S/C22H26N2O2/c1-26-19-10-4-8-18(15-19)20-12-6-13-23(20)16-22(25)24-14-5-9-17-7-2-3-11-21(17)24/h2-4,7-8,10-11,15,20H,5-6,9,12-14,16H2,1H3. The van der Waals surface area contributed by atoms with Crippen LogP contribution >= 0.6 is 0 Å². The molecule has 0 radical (unpaired) electrons. The second-order valence-corrected chi connectivity index (χ2v) is 7.18. The maximum absolute atomic E-state index is 13.1. The fourth-order valence-corrected chi connectivity index (χ4v) is 4.29. The van der Waals surface area contributed by atoms with Crippen LogP contribution in [0.3, 0.4) is 0 Å². The van der Waals surface area contributed by atoms with E-state index in [0.717, 1.165) is 50.2 Å². The highest BCUT2D eigenvalue weighted by molar-refractivity contribution is 5.96. The SMILES string of the molecule is COc1cccc(C2CCCN2CC(=O)N2CCCc3ccccc32)c1. The Morgan fingerprint density at radius 3 is 2.88 bits per heavy atom. The first-order chi connectivity index (χ1) is 12.8. The number of likely N-dealkylation sites (tertiary alicyclic amines) is 1. The van der Waals surface area contributed by atoms with E-state index < -0.39 is 0 Å². The summed E-state index contributed by atoms with van der Waals surface area (Å²) in [5, 5.41) is 0. The van der Waals surface area contributed by atoms with E-state index in [4.69, 9.17) is 4.74 Å². The molecule has 0 spiro atoms. The maximum Gasteiger partial charge on any atom is 0.241 e. The number of ether oxygens (including phenoxy) is 1. The molecule has 2 aliphatic heterocycles. The summed E-state index contributed by atoms with van der Waals surface area (Å²) < 4.78 is 5.37. The zero-order valence-corrected chi connectivity index (χ0v) is 15.4. The van der Waals surface area contributed by atoms with Gasteiger partial charge in [0.25, 0.3) is 0 Å². The van der Waals surface area contributed by atoms with Gasteiger partial charge in [-0.15, -0.1) is 0 Å². The van der Waals surface area contributed by atoms with Gasteiger partial charge in [0.1, 0.15) is 5.75 Å². The molecule has 1 amide bonds. The number of aryl methyl sites for hydroxylation is 1. The molecule has 26 heavy (non-hydrogen) atoms. The zero-order chi connectivity index (χ0) is 17.9. The number of hydrogen-bond acceptors (Lipinski definition) is 3. The summed E-state index contributed by atoms with van der Waals surface area (Å²) in [4.78, 5) is 17.4. The van der Waals surface area contributed by atoms with Gasteiger partial charge < -0.3 is 9.64 Å². The topological polar surface area (TPSA) is 32.8 Å². The predicted molar refractivity (Wildman–Crippen MR) is 104 cm³/mol. The summed E-state index contributed by atoms with van der Waals surface area (Å²) in [7, 11) is 1.70. The number of hydrogen-bond donors (Lipinski definition) is 0. The lowest BCUT2D eigenvalue weighted by molar-refractivity contribution is -0.120. The van der Waals surface area contributed by atoms with Gasteiger partial charge in [-0.25, -0.2) is 0 Å². The smallest absolute Gasteiger partial charge is 0.241 e. The average molecular weight is 350 g/mol. The lowest BCUT2D eigenvalue weighted by Gasteiger charge is -2.32. The first kappa shape index (κ1) is 17.1. The van der Waals surface area contributed by atoms with Gasteiger partial charge in [-0.1, -0.05) is 30.3 Å². The third-order valence-electron chi connectivity index (χ3n) is 5.59. The van der Waals surface area contributed by atoms with Gasteiger partial charge >= 0.3 is 0 Å². The van der Waals surface area contributed by atoms with Gasteiger partial charge in [0.15, 0.2) is 0 Å². The lowest BCUT2D eigenvalue weighted by atomic mass is 10.0. The van der Waals surface area contributed by atoms with Crippen molar-refractivity contribution in [2.24, 2.45) is 0 Å². The molecule has 0 saturated carbocycles. The van der Waals surface area contributed by atoms with Crippen molar-refractivity contribution < 1.29 is 9.53 Å². The Bertz CT molecular complexity index is 789. The quantitative estimate of drug-likeness (QED) is 0.840. The molecule has 0 N–H and O–H groups in total. The third-order valence-corrected chi connectivity index (χ3v) is 5.59. The molecule has 0 aromatic heterocycles. The molecule has 2 aromatic rings. The number of para-hydroxylation sites is 1. The minimum atomic E-state index is 0.215. The van der Waals surface area contributed by atoms with Crippen LogP contribution in [0.5, 0.6) is 5.75 Å². The summed E-state index contributed by atoms with van der Waals surface area (Å²) in [6.45, 7) is 2.28. The van der Waals surface area contributed by atoms with Gasteiger partial charge in [0, 0.05) is 18.3 Å². The molecule has 0 bridgehead atoms. The van der Waals surface area contributed by atoms with E-state index in [1.807, 2.05) is 23.1 Å². The highest BCUT2D eigenvalue weighted by atomic mass is 16.5. The summed E-state index contributed by atoms with van der Waals surface area (Å²) in [5.41, 5.74) is 3.63. The molecular formula is C22H26N2O2. The molecule has 2 aromatic carbocycles. The van der Waals surface area contributed by atoms with Crippen molar-refractivity contribution in [2.75, 3.05) is 31.6 Å². The number of amides is 1. The molecule has 4 heteroatoms. The van der Waals surface area contributed by atoms with E-state index in [1.165, 1.54) is 11.1 Å². The van der Waals surface area contributed by atoms with Crippen LogP contribution in [-0.4, -0.2) is 37.6 Å². The van der Waals surface area contributed by atoms with Crippen molar-refractivity contribution in [2.45, 2.75) is 31.7 Å². The normalized spacial score (nSPS) is 20.0. The number of anilines is 1. The first-order valence-electron chi connectivity index (χ1n) is 9.52. The van der Waals surface area contributed by atoms with Gasteiger partial charge in [0.05, 0.1) is 13.7 Å². The Kier molecular flexibility index (Phi) is 4.93. The highest BCUT2D eigenvalue weighted by Gasteiger charge is 2.30. The molecular weight excluding hydrogens is 324 g/mol. The molecule has 4 rings (SSSR count). The van der Waals surface area contributed by atoms with Crippen LogP contribution in [0, 0.1) is 0 Å². The number of rotatable bonds is 4. The van der Waals surface area contributed by atoms with E-state index in [0.29, 0.717) is 12.6 Å². The van der Waals surface area contributed by atoms with Crippen LogP contribution in [0.4, 0.5) is 5.69 Å². The van der Waals surface area contributed by atoms with Crippen LogP contribution < -0.4 is 9.64 Å². The van der Waals surface area contributed by atoms with E-state index in [2.05, 4.69) is 35.2 Å². The van der Waals surface area contributed by atoms with Crippen molar-refractivity contribution in [3.8, 4) is 5.75 Å². The highest BCUT2D eigenvalue weighted by Crippen LogP contribution is 2.34. The van der Waals surface area contributed by atoms with E-state index in [1.54, 1.807) is 7.11 Å². The Morgan fingerprint density at radius 2 is 2.00 bits per heavy atom. The van der Waals surface area contributed by atoms with Crippen LogP contribution in [0.25, 0.3) is 0 Å².